The van der Waals surface area contributed by atoms with E-state index in [1.54, 1.807) is 26.2 Å². The largest absolute Gasteiger partial charge is 0.351 e. The Morgan fingerprint density at radius 1 is 1.22 bits per heavy atom. The van der Waals surface area contributed by atoms with Crippen LogP contribution in [0.5, 0.6) is 0 Å². The molecule has 0 aliphatic heterocycles. The molecule has 1 aromatic heterocycles. The highest BCUT2D eigenvalue weighted by Gasteiger charge is 2.17. The van der Waals surface area contributed by atoms with Gasteiger partial charge in [-0.1, -0.05) is 0 Å². The summed E-state index contributed by atoms with van der Waals surface area (Å²) in [5.41, 5.74) is 2.80. The van der Waals surface area contributed by atoms with Gasteiger partial charge >= 0.3 is 0 Å². The fraction of sp³-hybridized carbons (Fsp3) is 0.308. The number of H-pyrrole nitrogens is 1. The van der Waals surface area contributed by atoms with Crippen LogP contribution in [-0.4, -0.2) is 29.9 Å². The van der Waals surface area contributed by atoms with E-state index < -0.39 is 0 Å². The molecule has 0 aliphatic rings. The lowest BCUT2D eigenvalue weighted by Gasteiger charge is -2.09. The van der Waals surface area contributed by atoms with Crippen LogP contribution in [0.15, 0.2) is 5.57 Å². The summed E-state index contributed by atoms with van der Waals surface area (Å²) in [5.74, 6) is -0.134. The van der Waals surface area contributed by atoms with Crippen molar-refractivity contribution >= 4 is 12.0 Å². The highest BCUT2D eigenvalue weighted by Crippen LogP contribution is 2.20. The first-order valence-electron chi connectivity index (χ1n) is 5.35. The second-order valence-corrected chi connectivity index (χ2v) is 4.14. The van der Waals surface area contributed by atoms with Crippen molar-refractivity contribution < 1.29 is 4.79 Å². The average Bonchev–Trinajstić information content (AvgIpc) is 2.62. The standard InChI is InChI=1S/C13H14N4O/c1-8-9(2)12(13(18)17(3)4)16-11(8)5-10(6-14)7-15/h5,16H,1-4H3. The van der Waals surface area contributed by atoms with E-state index in [1.165, 1.54) is 11.0 Å². The van der Waals surface area contributed by atoms with E-state index in [0.717, 1.165) is 11.1 Å². The summed E-state index contributed by atoms with van der Waals surface area (Å²) < 4.78 is 0. The number of hydrogen-bond acceptors (Lipinski definition) is 3. The fourth-order valence-electron chi connectivity index (χ4n) is 1.53. The van der Waals surface area contributed by atoms with Gasteiger partial charge in [-0.05, 0) is 31.1 Å². The van der Waals surface area contributed by atoms with Crippen LogP contribution < -0.4 is 0 Å². The average molecular weight is 242 g/mol. The van der Waals surface area contributed by atoms with E-state index in [1.807, 2.05) is 13.8 Å². The van der Waals surface area contributed by atoms with E-state index in [2.05, 4.69) is 4.98 Å². The third kappa shape index (κ3) is 2.41. The van der Waals surface area contributed by atoms with Crippen LogP contribution in [0, 0.1) is 36.5 Å². The number of allylic oxidation sites excluding steroid dienone is 1. The van der Waals surface area contributed by atoms with Crippen LogP contribution in [0.2, 0.25) is 0 Å². The van der Waals surface area contributed by atoms with Gasteiger partial charge in [-0.3, -0.25) is 4.79 Å². The summed E-state index contributed by atoms with van der Waals surface area (Å²) in [7, 11) is 3.34. The number of aromatic amines is 1. The minimum atomic E-state index is -0.134. The van der Waals surface area contributed by atoms with E-state index in [4.69, 9.17) is 10.5 Å². The molecule has 0 spiro atoms. The smallest absolute Gasteiger partial charge is 0.270 e. The number of amides is 1. The molecule has 0 saturated carbocycles. The molecular weight excluding hydrogens is 228 g/mol. The number of nitriles is 2. The topological polar surface area (TPSA) is 83.7 Å². The molecule has 18 heavy (non-hydrogen) atoms. The number of carbonyl (C=O) groups excluding carboxylic acids is 1. The van der Waals surface area contributed by atoms with Gasteiger partial charge in [-0.2, -0.15) is 10.5 Å². The van der Waals surface area contributed by atoms with Gasteiger partial charge in [-0.25, -0.2) is 0 Å². The number of rotatable bonds is 2. The number of aromatic nitrogens is 1. The summed E-state index contributed by atoms with van der Waals surface area (Å²) in [6.45, 7) is 3.68. The van der Waals surface area contributed by atoms with Gasteiger partial charge in [0.25, 0.3) is 5.91 Å². The molecule has 92 valence electrons. The molecule has 0 aliphatic carbocycles. The minimum Gasteiger partial charge on any atom is -0.351 e. The van der Waals surface area contributed by atoms with Gasteiger partial charge in [0.2, 0.25) is 0 Å². The molecule has 0 saturated heterocycles. The molecule has 0 atom stereocenters. The molecule has 0 aromatic carbocycles. The molecule has 0 radical (unpaired) electrons. The van der Waals surface area contributed by atoms with Crippen LogP contribution >= 0.6 is 0 Å². The molecule has 5 nitrogen and oxygen atoms in total. The summed E-state index contributed by atoms with van der Waals surface area (Å²) in [6, 6.07) is 3.59. The van der Waals surface area contributed by atoms with Crippen LogP contribution in [0.1, 0.15) is 27.3 Å². The molecule has 0 unspecified atom stereocenters. The highest BCUT2D eigenvalue weighted by molar-refractivity contribution is 5.94. The van der Waals surface area contributed by atoms with Crippen LogP contribution in [0.25, 0.3) is 6.08 Å². The quantitative estimate of drug-likeness (QED) is 0.802. The summed E-state index contributed by atoms with van der Waals surface area (Å²) >= 11 is 0. The van der Waals surface area contributed by atoms with Crippen molar-refractivity contribution in [2.24, 2.45) is 0 Å². The minimum absolute atomic E-state index is 0.00296. The molecule has 0 fully saturated rings. The maximum absolute atomic E-state index is 11.9. The first-order chi connectivity index (χ1) is 8.42. The third-order valence-electron chi connectivity index (χ3n) is 2.75. The lowest BCUT2D eigenvalue weighted by molar-refractivity contribution is 0.0822. The Labute approximate surface area is 106 Å². The Bertz CT molecular complexity index is 578. The molecule has 5 heteroatoms. The molecule has 1 N–H and O–H groups in total. The third-order valence-corrected chi connectivity index (χ3v) is 2.75. The predicted octanol–water partition coefficient (Wildman–Crippen LogP) is 1.76. The maximum Gasteiger partial charge on any atom is 0.270 e. The first kappa shape index (κ1) is 13.5. The van der Waals surface area contributed by atoms with Gasteiger partial charge in [0.15, 0.2) is 0 Å². The van der Waals surface area contributed by atoms with Crippen molar-refractivity contribution in [3.63, 3.8) is 0 Å². The monoisotopic (exact) mass is 242 g/mol. The zero-order chi connectivity index (χ0) is 13.9. The summed E-state index contributed by atoms with van der Waals surface area (Å²) in [4.78, 5) is 16.3. The summed E-state index contributed by atoms with van der Waals surface area (Å²) in [6.07, 6.45) is 1.45. The Morgan fingerprint density at radius 3 is 2.22 bits per heavy atom. The number of carbonyl (C=O) groups is 1. The Hall–Kier alpha value is -2.53. The zero-order valence-electron chi connectivity index (χ0n) is 10.8. The highest BCUT2D eigenvalue weighted by atomic mass is 16.2. The molecule has 1 aromatic rings. The number of nitrogens with one attached hydrogen (secondary N) is 1. The normalized spacial score (nSPS) is 9.22. The van der Waals surface area contributed by atoms with Gasteiger partial charge in [0.1, 0.15) is 23.4 Å². The number of hydrogen-bond donors (Lipinski definition) is 1. The number of nitrogens with zero attached hydrogens (tertiary/aromatic N) is 3. The van der Waals surface area contributed by atoms with Gasteiger partial charge in [-0.15, -0.1) is 0 Å². The van der Waals surface area contributed by atoms with Gasteiger partial charge < -0.3 is 9.88 Å². The lowest BCUT2D eigenvalue weighted by Crippen LogP contribution is -2.22. The summed E-state index contributed by atoms with van der Waals surface area (Å²) in [5, 5.41) is 17.4. The van der Waals surface area contributed by atoms with Crippen molar-refractivity contribution in [1.29, 1.82) is 10.5 Å². The first-order valence-corrected chi connectivity index (χ1v) is 5.35. The van der Waals surface area contributed by atoms with Crippen LogP contribution in [0.4, 0.5) is 0 Å². The van der Waals surface area contributed by atoms with E-state index in [9.17, 15) is 4.79 Å². The van der Waals surface area contributed by atoms with E-state index in [-0.39, 0.29) is 11.5 Å². The van der Waals surface area contributed by atoms with Crippen molar-refractivity contribution in [3.8, 4) is 12.1 Å². The molecule has 1 amide bonds. The van der Waals surface area contributed by atoms with Crippen molar-refractivity contribution in [2.75, 3.05) is 14.1 Å². The van der Waals surface area contributed by atoms with Crippen molar-refractivity contribution in [3.05, 3.63) is 28.1 Å². The Balaban J connectivity index is 3.33. The van der Waals surface area contributed by atoms with Crippen molar-refractivity contribution in [1.82, 2.24) is 9.88 Å². The van der Waals surface area contributed by atoms with Crippen LogP contribution in [0.3, 0.4) is 0 Å². The molecule has 0 bridgehead atoms. The predicted molar refractivity (Wildman–Crippen MR) is 67.5 cm³/mol. The Kier molecular flexibility index (Phi) is 3.91. The van der Waals surface area contributed by atoms with E-state index in [0.29, 0.717) is 11.4 Å². The lowest BCUT2D eigenvalue weighted by atomic mass is 10.1. The fourth-order valence-corrected chi connectivity index (χ4v) is 1.53. The Morgan fingerprint density at radius 2 is 1.78 bits per heavy atom. The second kappa shape index (κ2) is 5.20. The van der Waals surface area contributed by atoms with E-state index >= 15 is 0 Å². The van der Waals surface area contributed by atoms with Crippen molar-refractivity contribution in [2.45, 2.75) is 13.8 Å². The van der Waals surface area contributed by atoms with Gasteiger partial charge in [0, 0.05) is 19.8 Å². The zero-order valence-corrected chi connectivity index (χ0v) is 10.8. The molecular formula is C13H14N4O. The second-order valence-electron chi connectivity index (χ2n) is 4.14. The maximum atomic E-state index is 11.9. The van der Waals surface area contributed by atoms with Gasteiger partial charge in [0.05, 0.1) is 0 Å². The SMILES string of the molecule is Cc1c(C=C(C#N)C#N)[nH]c(C(=O)N(C)C)c1C. The van der Waals surface area contributed by atoms with Crippen LogP contribution in [-0.2, 0) is 0 Å². The molecule has 1 heterocycles. The molecule has 1 rings (SSSR count).